The van der Waals surface area contributed by atoms with E-state index in [2.05, 4.69) is 253 Å². The fourth-order valence-electron chi connectivity index (χ4n) is 10.6. The monoisotopic (exact) mass is 892 g/mol. The zero-order valence-corrected chi connectivity index (χ0v) is 38.2. The fourth-order valence-corrected chi connectivity index (χ4v) is 10.6. The van der Waals surface area contributed by atoms with Gasteiger partial charge in [0, 0.05) is 34.1 Å². The van der Waals surface area contributed by atoms with Gasteiger partial charge in [0.05, 0.1) is 40.7 Å². The lowest BCUT2D eigenvalue weighted by molar-refractivity contribution is 0.773. The van der Waals surface area contributed by atoms with Crippen LogP contribution in [0.1, 0.15) is 11.1 Å². The van der Waals surface area contributed by atoms with E-state index in [1.165, 1.54) is 27.9 Å². The highest BCUT2D eigenvalue weighted by Crippen LogP contribution is 2.53. The number of nitriles is 2. The van der Waals surface area contributed by atoms with Crippen molar-refractivity contribution in [3.8, 4) is 56.6 Å². The summed E-state index contributed by atoms with van der Waals surface area (Å²) in [6, 6.07) is 76.4. The summed E-state index contributed by atoms with van der Waals surface area (Å²) in [7, 11) is 0. The summed E-state index contributed by atoms with van der Waals surface area (Å²) in [5.74, 6) is -0.0473. The first kappa shape index (κ1) is 41.9. The Balaban J connectivity index is 1.02. The van der Waals surface area contributed by atoms with Crippen molar-refractivity contribution >= 4 is 22.7 Å². The first-order chi connectivity index (χ1) is 34.6. The van der Waals surface area contributed by atoms with Crippen LogP contribution >= 0.6 is 0 Å². The Kier molecular flexibility index (Phi) is 10.8. The number of hydrogen-bond acceptors (Lipinski definition) is 4. The smallest absolute Gasteiger partial charge is 0.0991 e. The zero-order chi connectivity index (χ0) is 47.0. The van der Waals surface area contributed by atoms with Crippen molar-refractivity contribution < 1.29 is 0 Å². The molecule has 328 valence electrons. The number of nitrogens with zero attached hydrogens (tertiary/aromatic N) is 4. The van der Waals surface area contributed by atoms with Crippen LogP contribution in [-0.4, -0.2) is 6.04 Å². The van der Waals surface area contributed by atoms with Gasteiger partial charge >= 0.3 is 0 Å². The Morgan fingerprint density at radius 3 is 1.49 bits per heavy atom. The molecule has 70 heavy (non-hydrogen) atoms. The maximum atomic E-state index is 9.92. The topological polar surface area (TPSA) is 54.1 Å². The molecule has 0 saturated carbocycles. The van der Waals surface area contributed by atoms with E-state index in [4.69, 9.17) is 0 Å². The first-order valence-corrected chi connectivity index (χ1v) is 23.7. The van der Waals surface area contributed by atoms with Gasteiger partial charge in [0.2, 0.25) is 0 Å². The molecule has 0 bridgehead atoms. The van der Waals surface area contributed by atoms with Crippen LogP contribution < -0.4 is 9.80 Å². The SMILES string of the molecule is N#Cc1ccc(N(C2=C3C=CC4=C5C(=CC=C(C=C2)C35)C(N(c2ccc(C#N)cc2)c2ccc(-c3ccccc3)cc2-c2ccccc2)C=C4)c2ccc(-c3ccccc3)cc2-c2ccccc2)cc1. The molecule has 8 aromatic carbocycles. The van der Waals surface area contributed by atoms with E-state index in [1.54, 1.807) is 0 Å². The second kappa shape index (κ2) is 18.0. The van der Waals surface area contributed by atoms with Crippen molar-refractivity contribution in [2.45, 2.75) is 6.04 Å². The van der Waals surface area contributed by atoms with Gasteiger partial charge in [0.25, 0.3) is 0 Å². The van der Waals surface area contributed by atoms with Gasteiger partial charge in [0.15, 0.2) is 0 Å². The molecular weight excluding hydrogens is 849 g/mol. The molecule has 0 aliphatic heterocycles. The minimum atomic E-state index is -0.193. The molecule has 8 aromatic rings. The van der Waals surface area contributed by atoms with Gasteiger partial charge in [-0.05, 0) is 140 Å². The quantitative estimate of drug-likeness (QED) is 0.137. The lowest BCUT2D eigenvalue weighted by atomic mass is 9.67. The Morgan fingerprint density at radius 1 is 0.414 bits per heavy atom. The summed E-state index contributed by atoms with van der Waals surface area (Å²) in [6.45, 7) is 0. The van der Waals surface area contributed by atoms with Crippen LogP contribution in [0.15, 0.2) is 288 Å². The third-order valence-corrected chi connectivity index (χ3v) is 13.9. The van der Waals surface area contributed by atoms with Crippen LogP contribution in [0.5, 0.6) is 0 Å². The van der Waals surface area contributed by atoms with Crippen molar-refractivity contribution in [1.29, 1.82) is 10.5 Å². The molecule has 2 unspecified atom stereocenters. The maximum Gasteiger partial charge on any atom is 0.0991 e. The summed E-state index contributed by atoms with van der Waals surface area (Å²) in [5, 5.41) is 19.8. The molecular formula is C66H44N4. The predicted octanol–water partition coefficient (Wildman–Crippen LogP) is 16.2. The predicted molar refractivity (Wildman–Crippen MR) is 286 cm³/mol. The van der Waals surface area contributed by atoms with Crippen molar-refractivity contribution in [3.05, 3.63) is 300 Å². The molecule has 4 aliphatic rings. The molecule has 0 radical (unpaired) electrons. The Bertz CT molecular complexity index is 3640. The Hall–Kier alpha value is -9.48. The average molecular weight is 893 g/mol. The Labute approximate surface area is 409 Å². The lowest BCUT2D eigenvalue weighted by Gasteiger charge is -2.44. The normalized spacial score (nSPS) is 16.1. The van der Waals surface area contributed by atoms with Gasteiger partial charge in [0.1, 0.15) is 0 Å². The van der Waals surface area contributed by atoms with E-state index in [1.807, 2.05) is 24.3 Å². The summed E-state index contributed by atoms with van der Waals surface area (Å²) < 4.78 is 0. The molecule has 0 saturated heterocycles. The highest BCUT2D eigenvalue weighted by atomic mass is 15.2. The lowest BCUT2D eigenvalue weighted by Crippen LogP contribution is -2.37. The van der Waals surface area contributed by atoms with Crippen LogP contribution in [0.25, 0.3) is 44.5 Å². The maximum absolute atomic E-state index is 9.92. The standard InChI is InChI=1S/C66H44N4/c67-43-45-21-31-55(32-22-45)69(63-39-29-53(47-13-5-1-6-14-47)41-59(63)49-17-9-3-10-18-49)61-37-27-51-26-36-58-62(38-28-52-25-35-57(61)65(51)66(52)58)70(56-33-23-46(44-68)24-34-56)64-40-30-54(48-15-7-2-8-16-48)42-60(64)50-19-11-4-12-20-50/h1-42,61,66H. The molecule has 0 N–H and O–H groups in total. The first-order valence-electron chi connectivity index (χ1n) is 23.7. The average Bonchev–Trinajstić information content (AvgIpc) is 3.44. The highest BCUT2D eigenvalue weighted by Gasteiger charge is 2.40. The van der Waals surface area contributed by atoms with Crippen LogP contribution in [-0.2, 0) is 0 Å². The third-order valence-electron chi connectivity index (χ3n) is 13.9. The number of anilines is 4. The van der Waals surface area contributed by atoms with Crippen LogP contribution in [0, 0.1) is 28.6 Å². The van der Waals surface area contributed by atoms with E-state index in [-0.39, 0.29) is 12.0 Å². The minimum absolute atomic E-state index is 0.0473. The molecule has 0 aromatic heterocycles. The summed E-state index contributed by atoms with van der Waals surface area (Å²) in [5.41, 5.74) is 21.5. The van der Waals surface area contributed by atoms with Crippen LogP contribution in [0.4, 0.5) is 22.7 Å². The van der Waals surface area contributed by atoms with Crippen molar-refractivity contribution in [2.75, 3.05) is 9.80 Å². The highest BCUT2D eigenvalue weighted by molar-refractivity contribution is 5.91. The van der Waals surface area contributed by atoms with E-state index < -0.39 is 0 Å². The number of hydrogen-bond donors (Lipinski definition) is 0. The molecule has 4 nitrogen and oxygen atoms in total. The zero-order valence-electron chi connectivity index (χ0n) is 38.2. The molecule has 4 heteroatoms. The summed E-state index contributed by atoms with van der Waals surface area (Å²) >= 11 is 0. The molecule has 12 rings (SSSR count). The molecule has 4 aliphatic carbocycles. The molecule has 0 fully saturated rings. The minimum Gasteiger partial charge on any atom is -0.330 e. The van der Waals surface area contributed by atoms with Gasteiger partial charge in [-0.15, -0.1) is 0 Å². The number of allylic oxidation sites excluding steroid dienone is 10. The summed E-state index contributed by atoms with van der Waals surface area (Å²) in [4.78, 5) is 4.84. The third kappa shape index (κ3) is 7.51. The van der Waals surface area contributed by atoms with Gasteiger partial charge in [-0.25, -0.2) is 0 Å². The van der Waals surface area contributed by atoms with E-state index >= 15 is 0 Å². The van der Waals surface area contributed by atoms with Crippen LogP contribution in [0.2, 0.25) is 0 Å². The van der Waals surface area contributed by atoms with Crippen molar-refractivity contribution in [1.82, 2.24) is 0 Å². The second-order valence-electron chi connectivity index (χ2n) is 17.9. The van der Waals surface area contributed by atoms with Crippen molar-refractivity contribution in [2.24, 2.45) is 5.92 Å². The fraction of sp³-hybridized carbons (Fsp3) is 0.0303. The van der Waals surface area contributed by atoms with E-state index in [9.17, 15) is 10.5 Å². The van der Waals surface area contributed by atoms with Gasteiger partial charge in [-0.3, -0.25) is 0 Å². The molecule has 0 amide bonds. The summed E-state index contributed by atoms with van der Waals surface area (Å²) in [6.07, 6.45) is 18.4. The van der Waals surface area contributed by atoms with E-state index in [0.717, 1.165) is 73.0 Å². The second-order valence-corrected chi connectivity index (χ2v) is 17.9. The van der Waals surface area contributed by atoms with Gasteiger partial charge in [-0.2, -0.15) is 10.5 Å². The van der Waals surface area contributed by atoms with Gasteiger partial charge < -0.3 is 9.80 Å². The van der Waals surface area contributed by atoms with E-state index in [0.29, 0.717) is 11.1 Å². The van der Waals surface area contributed by atoms with Crippen molar-refractivity contribution in [3.63, 3.8) is 0 Å². The Morgan fingerprint density at radius 2 is 0.929 bits per heavy atom. The molecule has 0 heterocycles. The van der Waals surface area contributed by atoms with Gasteiger partial charge in [-0.1, -0.05) is 176 Å². The largest absolute Gasteiger partial charge is 0.330 e. The van der Waals surface area contributed by atoms with Crippen LogP contribution in [0.3, 0.4) is 0 Å². The number of benzene rings is 8. The molecule has 2 atom stereocenters. The number of rotatable bonds is 10. The molecule has 0 spiro atoms.